The summed E-state index contributed by atoms with van der Waals surface area (Å²) < 4.78 is 61.5. The van der Waals surface area contributed by atoms with E-state index in [0.29, 0.717) is 33.9 Å². The number of benzene rings is 1. The molecule has 0 radical (unpaired) electrons. The molecule has 1 aliphatic carbocycles. The fourth-order valence-corrected chi connectivity index (χ4v) is 4.51. The first-order valence-corrected chi connectivity index (χ1v) is 12.5. The first kappa shape index (κ1) is 27.0. The van der Waals surface area contributed by atoms with Gasteiger partial charge in [0.1, 0.15) is 17.3 Å². The number of carbonyl (C=O) groups is 1. The van der Waals surface area contributed by atoms with Gasteiger partial charge in [-0.2, -0.15) is 18.3 Å². The maximum absolute atomic E-state index is 13.0. The number of fused-ring (bicyclic) bond motifs is 1. The Kier molecular flexibility index (Phi) is 7.63. The van der Waals surface area contributed by atoms with Crippen molar-refractivity contribution in [1.82, 2.24) is 19.7 Å². The van der Waals surface area contributed by atoms with E-state index in [2.05, 4.69) is 20.4 Å². The molecule has 1 aromatic carbocycles. The zero-order valence-electron chi connectivity index (χ0n) is 21.7. The second kappa shape index (κ2) is 11.3. The lowest BCUT2D eigenvalue weighted by molar-refractivity contribution is -0.153. The van der Waals surface area contributed by atoms with Crippen molar-refractivity contribution in [3.8, 4) is 28.7 Å². The molecule has 0 bridgehead atoms. The average molecular weight is 558 g/mol. The summed E-state index contributed by atoms with van der Waals surface area (Å²) in [5.41, 5.74) is 0.387. The maximum Gasteiger partial charge on any atom is 0.422 e. The molecule has 0 spiro atoms. The predicted octanol–water partition coefficient (Wildman–Crippen LogP) is 5.94. The van der Waals surface area contributed by atoms with E-state index >= 15 is 0 Å². The van der Waals surface area contributed by atoms with Gasteiger partial charge in [0.2, 0.25) is 0 Å². The number of anilines is 1. The highest BCUT2D eigenvalue weighted by atomic mass is 19.4. The Morgan fingerprint density at radius 3 is 2.45 bits per heavy atom. The number of alkyl halides is 3. The van der Waals surface area contributed by atoms with Crippen molar-refractivity contribution in [2.24, 2.45) is 0 Å². The smallest absolute Gasteiger partial charge is 0.422 e. The molecule has 5 rings (SSSR count). The van der Waals surface area contributed by atoms with Crippen LogP contribution in [0.25, 0.3) is 10.9 Å². The molecule has 0 aliphatic heterocycles. The van der Waals surface area contributed by atoms with Crippen LogP contribution in [0.15, 0.2) is 48.9 Å². The number of halogens is 3. The average Bonchev–Trinajstić information content (AvgIpc) is 3.62. The second-order valence-corrected chi connectivity index (χ2v) is 9.13. The molecule has 210 valence electrons. The molecule has 10 nitrogen and oxygen atoms in total. The highest BCUT2D eigenvalue weighted by Gasteiger charge is 2.31. The van der Waals surface area contributed by atoms with Gasteiger partial charge in [0.05, 0.1) is 38.2 Å². The van der Waals surface area contributed by atoms with Crippen molar-refractivity contribution in [1.29, 1.82) is 0 Å². The van der Waals surface area contributed by atoms with E-state index in [1.165, 1.54) is 37.4 Å². The molecular formula is C27H26F3N5O5. The Balaban J connectivity index is 1.32. The van der Waals surface area contributed by atoms with Crippen LogP contribution >= 0.6 is 0 Å². The first-order valence-electron chi connectivity index (χ1n) is 12.5. The van der Waals surface area contributed by atoms with Crippen LogP contribution in [-0.2, 0) is 0 Å². The van der Waals surface area contributed by atoms with Gasteiger partial charge in [0.15, 0.2) is 29.5 Å². The SMILES string of the molecule is COc1cc2nccc(Oc3ccc(NC(=O)c4nn(C5CCCC5)cc4OCC(F)(F)F)nc3)c2cc1OC. The van der Waals surface area contributed by atoms with E-state index in [9.17, 15) is 18.0 Å². The summed E-state index contributed by atoms with van der Waals surface area (Å²) in [5.74, 6) is 1.09. The van der Waals surface area contributed by atoms with E-state index in [1.807, 2.05) is 0 Å². The van der Waals surface area contributed by atoms with E-state index in [4.69, 9.17) is 18.9 Å². The van der Waals surface area contributed by atoms with Crippen molar-refractivity contribution >= 4 is 22.6 Å². The van der Waals surface area contributed by atoms with Gasteiger partial charge in [-0.15, -0.1) is 0 Å². The van der Waals surface area contributed by atoms with Crippen molar-refractivity contribution < 1.29 is 36.9 Å². The van der Waals surface area contributed by atoms with E-state index < -0.39 is 18.7 Å². The molecule has 1 aliphatic rings. The Bertz CT molecular complexity index is 1500. The number of amides is 1. The minimum Gasteiger partial charge on any atom is -0.493 e. The summed E-state index contributed by atoms with van der Waals surface area (Å²) >= 11 is 0. The van der Waals surface area contributed by atoms with Crippen molar-refractivity contribution in [2.45, 2.75) is 37.9 Å². The van der Waals surface area contributed by atoms with Gasteiger partial charge in [-0.25, -0.2) is 4.98 Å². The molecule has 1 N–H and O–H groups in total. The van der Waals surface area contributed by atoms with Crippen LogP contribution in [0.3, 0.4) is 0 Å². The topological polar surface area (TPSA) is 110 Å². The number of aromatic nitrogens is 4. The van der Waals surface area contributed by atoms with Crippen molar-refractivity contribution in [3.63, 3.8) is 0 Å². The fraction of sp³-hybridized carbons (Fsp3) is 0.333. The van der Waals surface area contributed by atoms with Crippen LogP contribution in [0.5, 0.6) is 28.7 Å². The van der Waals surface area contributed by atoms with Crippen LogP contribution < -0.4 is 24.3 Å². The van der Waals surface area contributed by atoms with Crippen LogP contribution in [-0.4, -0.2) is 52.7 Å². The Morgan fingerprint density at radius 2 is 1.77 bits per heavy atom. The number of nitrogens with one attached hydrogen (secondary N) is 1. The standard InChI is InChI=1S/C27H26F3N5O5/c1-37-21-11-18-19(12-22(21)38-2)31-10-9-20(18)40-17-7-8-24(32-13-17)33-26(36)25-23(39-15-27(28,29)30)14-35(34-25)16-5-3-4-6-16/h7-14,16H,3-6,15H2,1-2H3,(H,32,33,36). The first-order chi connectivity index (χ1) is 19.2. The van der Waals surface area contributed by atoms with E-state index in [1.54, 1.807) is 30.5 Å². The maximum atomic E-state index is 13.0. The van der Waals surface area contributed by atoms with Gasteiger partial charge in [0.25, 0.3) is 5.91 Å². The largest absolute Gasteiger partial charge is 0.493 e. The summed E-state index contributed by atoms with van der Waals surface area (Å²) in [4.78, 5) is 21.5. The molecule has 1 saturated carbocycles. The molecule has 4 aromatic rings. The van der Waals surface area contributed by atoms with E-state index in [-0.39, 0.29) is 23.3 Å². The summed E-state index contributed by atoms with van der Waals surface area (Å²) in [6.07, 6.45) is 3.42. The van der Waals surface area contributed by atoms with Gasteiger partial charge < -0.3 is 24.3 Å². The van der Waals surface area contributed by atoms with Gasteiger partial charge in [0, 0.05) is 17.6 Å². The Labute approximate surface area is 227 Å². The highest BCUT2D eigenvalue weighted by molar-refractivity contribution is 6.04. The third-order valence-corrected chi connectivity index (χ3v) is 6.42. The zero-order valence-corrected chi connectivity index (χ0v) is 21.7. The summed E-state index contributed by atoms with van der Waals surface area (Å²) in [6, 6.07) is 8.28. The molecule has 0 atom stereocenters. The number of carbonyl (C=O) groups excluding carboxylic acids is 1. The van der Waals surface area contributed by atoms with Crippen LogP contribution in [0.4, 0.5) is 19.0 Å². The Morgan fingerprint density at radius 1 is 1.02 bits per heavy atom. The van der Waals surface area contributed by atoms with Gasteiger partial charge in [-0.3, -0.25) is 14.5 Å². The lowest BCUT2D eigenvalue weighted by atomic mass is 10.2. The molecule has 3 aromatic heterocycles. The third kappa shape index (κ3) is 6.03. The van der Waals surface area contributed by atoms with Crippen molar-refractivity contribution in [3.05, 3.63) is 54.6 Å². The minimum absolute atomic E-state index is 0.00895. The number of pyridine rings is 2. The predicted molar refractivity (Wildman–Crippen MR) is 138 cm³/mol. The zero-order chi connectivity index (χ0) is 28.3. The number of ether oxygens (including phenoxy) is 4. The number of nitrogens with zero attached hydrogens (tertiary/aromatic N) is 4. The lowest BCUT2D eigenvalue weighted by Gasteiger charge is -2.12. The number of hydrogen-bond donors (Lipinski definition) is 1. The summed E-state index contributed by atoms with van der Waals surface area (Å²) in [7, 11) is 3.07. The van der Waals surface area contributed by atoms with Gasteiger partial charge in [-0.05, 0) is 37.1 Å². The molecule has 0 unspecified atom stereocenters. The minimum atomic E-state index is -4.56. The van der Waals surface area contributed by atoms with Crippen LogP contribution in [0.1, 0.15) is 42.2 Å². The molecule has 1 fully saturated rings. The second-order valence-electron chi connectivity index (χ2n) is 9.13. The fourth-order valence-electron chi connectivity index (χ4n) is 4.51. The highest BCUT2D eigenvalue weighted by Crippen LogP contribution is 2.37. The molecule has 40 heavy (non-hydrogen) atoms. The number of methoxy groups -OCH3 is 2. The Hall–Kier alpha value is -4.55. The monoisotopic (exact) mass is 557 g/mol. The summed E-state index contributed by atoms with van der Waals surface area (Å²) in [6.45, 7) is -1.53. The van der Waals surface area contributed by atoms with Gasteiger partial charge >= 0.3 is 6.18 Å². The van der Waals surface area contributed by atoms with Gasteiger partial charge in [-0.1, -0.05) is 12.8 Å². The molecule has 1 amide bonds. The normalized spacial score (nSPS) is 13.8. The van der Waals surface area contributed by atoms with Crippen molar-refractivity contribution in [2.75, 3.05) is 26.1 Å². The third-order valence-electron chi connectivity index (χ3n) is 6.42. The molecule has 3 heterocycles. The summed E-state index contributed by atoms with van der Waals surface area (Å²) in [5, 5.41) is 7.50. The number of rotatable bonds is 9. The lowest BCUT2D eigenvalue weighted by Crippen LogP contribution is -2.21. The number of hydrogen-bond acceptors (Lipinski definition) is 8. The van der Waals surface area contributed by atoms with Crippen LogP contribution in [0.2, 0.25) is 0 Å². The van der Waals surface area contributed by atoms with Crippen LogP contribution in [0, 0.1) is 0 Å². The quantitative estimate of drug-likeness (QED) is 0.269. The molecule has 0 saturated heterocycles. The molecule has 13 heteroatoms. The molecular weight excluding hydrogens is 531 g/mol. The van der Waals surface area contributed by atoms with E-state index in [0.717, 1.165) is 25.7 Å².